The molecule has 0 spiro atoms. The van der Waals surface area contributed by atoms with Crippen LogP contribution in [-0.2, 0) is 9.59 Å². The van der Waals surface area contributed by atoms with E-state index in [-0.39, 0.29) is 0 Å². The van der Waals surface area contributed by atoms with Gasteiger partial charge in [-0.25, -0.2) is 9.29 Å². The number of amides is 2. The van der Waals surface area contributed by atoms with E-state index in [0.717, 1.165) is 30.4 Å². The summed E-state index contributed by atoms with van der Waals surface area (Å²) in [6.45, 7) is 0. The lowest BCUT2D eigenvalue weighted by atomic mass is 10.2. The van der Waals surface area contributed by atoms with E-state index in [4.69, 9.17) is 0 Å². The summed E-state index contributed by atoms with van der Waals surface area (Å²) in [5.74, 6) is -2.33. The second-order valence-electron chi connectivity index (χ2n) is 3.24. The Balaban J connectivity index is 2.51. The molecule has 1 aliphatic rings. The van der Waals surface area contributed by atoms with Gasteiger partial charge in [-0.1, -0.05) is 0 Å². The average molecular weight is 236 g/mol. The zero-order chi connectivity index (χ0) is 12.6. The first-order valence-electron chi connectivity index (χ1n) is 4.51. The predicted octanol–water partition coefficient (Wildman–Crippen LogP) is 1.16. The van der Waals surface area contributed by atoms with E-state index in [1.807, 2.05) is 0 Å². The van der Waals surface area contributed by atoms with Crippen molar-refractivity contribution in [3.05, 3.63) is 46.3 Å². The van der Waals surface area contributed by atoms with E-state index < -0.39 is 33.9 Å². The van der Waals surface area contributed by atoms with E-state index >= 15 is 0 Å². The number of carbonyl (C=O) groups is 2. The Kier molecular flexibility index (Phi) is 2.43. The SMILES string of the molecule is O=C1C=CC(=O)N1c1cc([N+](=O)[O-])ccc1F. The normalized spacial score (nSPS) is 14.5. The molecule has 7 heteroatoms. The first-order valence-corrected chi connectivity index (χ1v) is 4.51. The maximum absolute atomic E-state index is 13.4. The third-order valence-corrected chi connectivity index (χ3v) is 2.19. The van der Waals surface area contributed by atoms with Crippen LogP contribution in [0.4, 0.5) is 15.8 Å². The number of nitro benzene ring substituents is 1. The Labute approximate surface area is 94.1 Å². The number of imide groups is 1. The van der Waals surface area contributed by atoms with Crippen LogP contribution in [0.5, 0.6) is 0 Å². The lowest BCUT2D eigenvalue weighted by Gasteiger charge is -2.13. The number of non-ortho nitro benzene ring substituents is 1. The summed E-state index contributed by atoms with van der Waals surface area (Å²) in [7, 11) is 0. The molecule has 17 heavy (non-hydrogen) atoms. The molecular weight excluding hydrogens is 231 g/mol. The summed E-state index contributed by atoms with van der Waals surface area (Å²) in [5.41, 5.74) is -0.812. The van der Waals surface area contributed by atoms with E-state index in [1.165, 1.54) is 0 Å². The highest BCUT2D eigenvalue weighted by Gasteiger charge is 2.28. The molecular formula is C10H5FN2O4. The number of hydrogen-bond donors (Lipinski definition) is 0. The molecule has 0 N–H and O–H groups in total. The Morgan fingerprint density at radius 1 is 1.18 bits per heavy atom. The smallest absolute Gasteiger partial charge is 0.269 e. The number of anilines is 1. The van der Waals surface area contributed by atoms with Crippen LogP contribution in [0, 0.1) is 15.9 Å². The maximum Gasteiger partial charge on any atom is 0.271 e. The van der Waals surface area contributed by atoms with Gasteiger partial charge in [0.05, 0.1) is 10.6 Å². The zero-order valence-electron chi connectivity index (χ0n) is 8.29. The van der Waals surface area contributed by atoms with Crippen LogP contribution in [0.2, 0.25) is 0 Å². The summed E-state index contributed by atoms with van der Waals surface area (Å²) < 4.78 is 13.4. The maximum atomic E-state index is 13.4. The van der Waals surface area contributed by atoms with Crippen LogP contribution in [-0.4, -0.2) is 16.7 Å². The van der Waals surface area contributed by atoms with Crippen molar-refractivity contribution in [3.8, 4) is 0 Å². The molecule has 1 aromatic rings. The second kappa shape index (κ2) is 3.78. The number of rotatable bonds is 2. The molecule has 1 aromatic carbocycles. The van der Waals surface area contributed by atoms with Crippen LogP contribution in [0.15, 0.2) is 30.4 Å². The van der Waals surface area contributed by atoms with E-state index in [0.29, 0.717) is 4.90 Å². The van der Waals surface area contributed by atoms with Gasteiger partial charge in [0.1, 0.15) is 5.82 Å². The summed E-state index contributed by atoms with van der Waals surface area (Å²) in [5, 5.41) is 10.5. The quantitative estimate of drug-likeness (QED) is 0.438. The van der Waals surface area contributed by atoms with Crippen molar-refractivity contribution in [3.63, 3.8) is 0 Å². The molecule has 0 atom stereocenters. The van der Waals surface area contributed by atoms with Gasteiger partial charge in [0.15, 0.2) is 0 Å². The summed E-state index contributed by atoms with van der Waals surface area (Å²) >= 11 is 0. The van der Waals surface area contributed by atoms with Gasteiger partial charge in [-0.05, 0) is 6.07 Å². The standard InChI is InChI=1S/C10H5FN2O4/c11-7-2-1-6(13(16)17)5-8(7)12-9(14)3-4-10(12)15/h1-5H. The number of nitrogens with zero attached hydrogens (tertiary/aromatic N) is 2. The molecule has 0 aromatic heterocycles. The number of nitro groups is 1. The number of benzene rings is 1. The minimum atomic E-state index is -0.874. The molecule has 0 aliphatic carbocycles. The van der Waals surface area contributed by atoms with Gasteiger partial charge in [0.25, 0.3) is 17.5 Å². The average Bonchev–Trinajstić information content (AvgIpc) is 2.59. The lowest BCUT2D eigenvalue weighted by Crippen LogP contribution is -2.30. The van der Waals surface area contributed by atoms with Crippen molar-refractivity contribution in [1.82, 2.24) is 0 Å². The number of halogens is 1. The fourth-order valence-electron chi connectivity index (χ4n) is 1.42. The van der Waals surface area contributed by atoms with Gasteiger partial charge in [-0.15, -0.1) is 0 Å². The van der Waals surface area contributed by atoms with Crippen LogP contribution in [0.1, 0.15) is 0 Å². The number of carbonyl (C=O) groups excluding carboxylic acids is 2. The fourth-order valence-corrected chi connectivity index (χ4v) is 1.42. The van der Waals surface area contributed by atoms with E-state index in [1.54, 1.807) is 0 Å². The summed E-state index contributed by atoms with van der Waals surface area (Å²) in [4.78, 5) is 32.9. The fraction of sp³-hybridized carbons (Fsp3) is 0. The van der Waals surface area contributed by atoms with Crippen molar-refractivity contribution in [1.29, 1.82) is 0 Å². The largest absolute Gasteiger partial charge is 0.271 e. The monoisotopic (exact) mass is 236 g/mol. The molecule has 0 saturated heterocycles. The van der Waals surface area contributed by atoms with Crippen LogP contribution >= 0.6 is 0 Å². The van der Waals surface area contributed by atoms with Crippen LogP contribution in [0.3, 0.4) is 0 Å². The topological polar surface area (TPSA) is 80.5 Å². The Bertz CT molecular complexity index is 549. The van der Waals surface area contributed by atoms with Crippen LogP contribution < -0.4 is 4.90 Å². The van der Waals surface area contributed by atoms with Gasteiger partial charge >= 0.3 is 0 Å². The van der Waals surface area contributed by atoms with E-state index in [2.05, 4.69) is 0 Å². The Morgan fingerprint density at radius 3 is 2.29 bits per heavy atom. The first kappa shape index (κ1) is 10.9. The molecule has 0 saturated carbocycles. The molecule has 0 radical (unpaired) electrons. The summed E-state index contributed by atoms with van der Waals surface area (Å²) in [6.07, 6.45) is 1.95. The zero-order valence-corrected chi connectivity index (χ0v) is 8.29. The molecule has 6 nitrogen and oxygen atoms in total. The molecule has 2 rings (SSSR count). The molecule has 0 unspecified atom stereocenters. The van der Waals surface area contributed by atoms with Gasteiger partial charge in [0, 0.05) is 24.3 Å². The molecule has 86 valence electrons. The van der Waals surface area contributed by atoms with Crippen molar-refractivity contribution in [2.75, 3.05) is 4.90 Å². The van der Waals surface area contributed by atoms with E-state index in [9.17, 15) is 24.1 Å². The Hall–Kier alpha value is -2.57. The second-order valence-corrected chi connectivity index (χ2v) is 3.24. The van der Waals surface area contributed by atoms with Gasteiger partial charge in [0.2, 0.25) is 0 Å². The minimum Gasteiger partial charge on any atom is -0.269 e. The van der Waals surface area contributed by atoms with Gasteiger partial charge in [-0.3, -0.25) is 19.7 Å². The molecule has 1 aliphatic heterocycles. The third kappa shape index (κ3) is 1.78. The highest BCUT2D eigenvalue weighted by Crippen LogP contribution is 2.27. The van der Waals surface area contributed by atoms with Gasteiger partial charge < -0.3 is 0 Å². The third-order valence-electron chi connectivity index (χ3n) is 2.19. The lowest BCUT2D eigenvalue weighted by molar-refractivity contribution is -0.384. The van der Waals surface area contributed by atoms with Crippen LogP contribution in [0.25, 0.3) is 0 Å². The molecule has 0 bridgehead atoms. The minimum absolute atomic E-state index is 0.395. The first-order chi connectivity index (χ1) is 8.00. The summed E-state index contributed by atoms with van der Waals surface area (Å²) in [6, 6.07) is 2.64. The highest BCUT2D eigenvalue weighted by molar-refractivity contribution is 6.28. The van der Waals surface area contributed by atoms with Crippen molar-refractivity contribution < 1.29 is 18.9 Å². The Morgan fingerprint density at radius 2 is 1.76 bits per heavy atom. The predicted molar refractivity (Wildman–Crippen MR) is 54.7 cm³/mol. The van der Waals surface area contributed by atoms with Crippen molar-refractivity contribution in [2.24, 2.45) is 0 Å². The highest BCUT2D eigenvalue weighted by atomic mass is 19.1. The molecule has 2 amide bonds. The van der Waals surface area contributed by atoms with Crippen molar-refractivity contribution in [2.45, 2.75) is 0 Å². The van der Waals surface area contributed by atoms with Crippen molar-refractivity contribution >= 4 is 23.2 Å². The van der Waals surface area contributed by atoms with Gasteiger partial charge in [-0.2, -0.15) is 0 Å². The molecule has 0 fully saturated rings. The number of hydrogen-bond acceptors (Lipinski definition) is 4. The molecule has 1 heterocycles.